The average molecular weight is 223 g/mol. The fourth-order valence-electron chi connectivity index (χ4n) is 3.33. The second-order valence-corrected chi connectivity index (χ2v) is 5.89. The number of carbonyl (C=O) groups is 1. The Morgan fingerprint density at radius 3 is 2.56 bits per heavy atom. The lowest BCUT2D eigenvalue weighted by atomic mass is 9.87. The average Bonchev–Trinajstić information content (AvgIpc) is 2.70. The van der Waals surface area contributed by atoms with Crippen LogP contribution in [0.5, 0.6) is 0 Å². The number of hydrogen-bond donors (Lipinski definition) is 1. The zero-order valence-electron chi connectivity index (χ0n) is 10.5. The summed E-state index contributed by atoms with van der Waals surface area (Å²) in [5.41, 5.74) is 0. The van der Waals surface area contributed by atoms with Gasteiger partial charge in [-0.05, 0) is 37.5 Å². The molecule has 0 aliphatic heterocycles. The molecular formula is C14H25NO. The fraction of sp³-hybridized carbons (Fsp3) is 0.929. The molecule has 0 aromatic heterocycles. The topological polar surface area (TPSA) is 29.1 Å². The van der Waals surface area contributed by atoms with Gasteiger partial charge < -0.3 is 5.32 Å². The largest absolute Gasteiger partial charge is 0.353 e. The smallest absolute Gasteiger partial charge is 0.220 e. The summed E-state index contributed by atoms with van der Waals surface area (Å²) in [5, 5.41) is 3.24. The van der Waals surface area contributed by atoms with E-state index in [1.165, 1.54) is 51.4 Å². The van der Waals surface area contributed by atoms with Crippen molar-refractivity contribution in [3.8, 4) is 0 Å². The van der Waals surface area contributed by atoms with Crippen LogP contribution >= 0.6 is 0 Å². The molecule has 0 radical (unpaired) electrons. The first-order valence-electron chi connectivity index (χ1n) is 7.03. The van der Waals surface area contributed by atoms with Gasteiger partial charge in [0.25, 0.3) is 0 Å². The Morgan fingerprint density at radius 1 is 1.12 bits per heavy atom. The monoisotopic (exact) mass is 223 g/mol. The molecule has 0 saturated heterocycles. The molecule has 2 aliphatic carbocycles. The lowest BCUT2D eigenvalue weighted by molar-refractivity contribution is -0.123. The van der Waals surface area contributed by atoms with E-state index in [2.05, 4.69) is 12.2 Å². The molecule has 16 heavy (non-hydrogen) atoms. The zero-order chi connectivity index (χ0) is 11.4. The molecule has 0 heterocycles. The molecule has 2 saturated carbocycles. The minimum absolute atomic E-state index is 0.311. The third kappa shape index (κ3) is 3.50. The highest BCUT2D eigenvalue weighted by Gasteiger charge is 2.23. The molecule has 1 amide bonds. The highest BCUT2D eigenvalue weighted by Crippen LogP contribution is 2.28. The van der Waals surface area contributed by atoms with Crippen LogP contribution in [-0.2, 0) is 4.79 Å². The van der Waals surface area contributed by atoms with Crippen LogP contribution in [0.3, 0.4) is 0 Å². The van der Waals surface area contributed by atoms with Crippen LogP contribution < -0.4 is 5.32 Å². The summed E-state index contributed by atoms with van der Waals surface area (Å²) < 4.78 is 0. The van der Waals surface area contributed by atoms with Crippen molar-refractivity contribution in [1.82, 2.24) is 5.32 Å². The molecule has 0 spiro atoms. The quantitative estimate of drug-likeness (QED) is 0.781. The van der Waals surface area contributed by atoms with Crippen molar-refractivity contribution < 1.29 is 4.79 Å². The Bertz CT molecular complexity index is 233. The predicted octanol–water partition coefficient (Wildman–Crippen LogP) is 3.26. The van der Waals surface area contributed by atoms with Crippen LogP contribution in [0.15, 0.2) is 0 Å². The predicted molar refractivity (Wildman–Crippen MR) is 66.1 cm³/mol. The third-order valence-corrected chi connectivity index (χ3v) is 4.25. The van der Waals surface area contributed by atoms with Gasteiger partial charge in [-0.15, -0.1) is 0 Å². The molecule has 2 nitrogen and oxygen atoms in total. The number of hydrogen-bond acceptors (Lipinski definition) is 1. The number of rotatable bonds is 3. The second-order valence-electron chi connectivity index (χ2n) is 5.89. The van der Waals surface area contributed by atoms with Gasteiger partial charge in [-0.25, -0.2) is 0 Å². The molecule has 2 heteroatoms. The van der Waals surface area contributed by atoms with E-state index in [9.17, 15) is 4.79 Å². The maximum Gasteiger partial charge on any atom is 0.220 e. The molecule has 2 fully saturated rings. The molecule has 2 rings (SSSR count). The standard InChI is InChI=1S/C14H25NO/c1-11-5-4-8-13(9-11)15-14(16)10-12-6-2-3-7-12/h11-13H,2-10H2,1H3,(H,15,16). The van der Waals surface area contributed by atoms with Crippen molar-refractivity contribution in [2.24, 2.45) is 11.8 Å². The number of amides is 1. The SMILES string of the molecule is CC1CCCC(NC(=O)CC2CCCC2)C1. The van der Waals surface area contributed by atoms with E-state index in [0.717, 1.165) is 12.3 Å². The van der Waals surface area contributed by atoms with Gasteiger partial charge >= 0.3 is 0 Å². The van der Waals surface area contributed by atoms with E-state index in [-0.39, 0.29) is 0 Å². The van der Waals surface area contributed by atoms with Crippen molar-refractivity contribution in [2.75, 3.05) is 0 Å². The number of nitrogens with one attached hydrogen (secondary N) is 1. The van der Waals surface area contributed by atoms with Gasteiger partial charge in [0.1, 0.15) is 0 Å². The van der Waals surface area contributed by atoms with E-state index in [0.29, 0.717) is 17.9 Å². The molecule has 92 valence electrons. The van der Waals surface area contributed by atoms with Gasteiger partial charge in [-0.3, -0.25) is 4.79 Å². The van der Waals surface area contributed by atoms with Crippen molar-refractivity contribution >= 4 is 5.91 Å². The van der Waals surface area contributed by atoms with E-state index < -0.39 is 0 Å². The first-order valence-corrected chi connectivity index (χ1v) is 7.03. The third-order valence-electron chi connectivity index (χ3n) is 4.25. The second kappa shape index (κ2) is 5.70. The zero-order valence-corrected chi connectivity index (χ0v) is 10.5. The molecule has 0 aromatic carbocycles. The Morgan fingerprint density at radius 2 is 1.88 bits per heavy atom. The van der Waals surface area contributed by atoms with Crippen LogP contribution in [0.25, 0.3) is 0 Å². The van der Waals surface area contributed by atoms with Gasteiger partial charge in [0.2, 0.25) is 5.91 Å². The molecule has 0 bridgehead atoms. The maximum absolute atomic E-state index is 11.9. The van der Waals surface area contributed by atoms with Crippen molar-refractivity contribution in [1.29, 1.82) is 0 Å². The Kier molecular flexibility index (Phi) is 4.25. The minimum Gasteiger partial charge on any atom is -0.353 e. The summed E-state index contributed by atoms with van der Waals surface area (Å²) in [6.07, 6.45) is 11.0. The number of carbonyl (C=O) groups excluding carboxylic acids is 1. The molecule has 2 unspecified atom stereocenters. The molecule has 1 N–H and O–H groups in total. The summed E-state index contributed by atoms with van der Waals surface area (Å²) in [4.78, 5) is 11.9. The van der Waals surface area contributed by atoms with E-state index in [1.54, 1.807) is 0 Å². The normalized spacial score (nSPS) is 31.6. The molecule has 0 aromatic rings. The van der Waals surface area contributed by atoms with E-state index >= 15 is 0 Å². The van der Waals surface area contributed by atoms with Crippen molar-refractivity contribution in [3.63, 3.8) is 0 Å². The lowest BCUT2D eigenvalue weighted by Gasteiger charge is -2.27. The molecular weight excluding hydrogens is 198 g/mol. The van der Waals surface area contributed by atoms with Crippen LogP contribution in [0.2, 0.25) is 0 Å². The van der Waals surface area contributed by atoms with Gasteiger partial charge in [-0.2, -0.15) is 0 Å². The summed E-state index contributed by atoms with van der Waals surface area (Å²) in [6.45, 7) is 2.30. The van der Waals surface area contributed by atoms with Gasteiger partial charge in [-0.1, -0.05) is 32.6 Å². The fourth-order valence-corrected chi connectivity index (χ4v) is 3.33. The van der Waals surface area contributed by atoms with E-state index in [1.807, 2.05) is 0 Å². The Balaban J connectivity index is 1.69. The van der Waals surface area contributed by atoms with Crippen LogP contribution in [0.1, 0.15) is 64.7 Å². The Labute approximate surface area is 99.2 Å². The first-order chi connectivity index (χ1) is 7.74. The first kappa shape index (κ1) is 11.9. The van der Waals surface area contributed by atoms with Gasteiger partial charge in [0, 0.05) is 12.5 Å². The van der Waals surface area contributed by atoms with Crippen LogP contribution in [0.4, 0.5) is 0 Å². The minimum atomic E-state index is 0.311. The highest BCUT2D eigenvalue weighted by molar-refractivity contribution is 5.76. The maximum atomic E-state index is 11.9. The summed E-state index contributed by atoms with van der Waals surface area (Å²) in [7, 11) is 0. The summed E-state index contributed by atoms with van der Waals surface area (Å²) >= 11 is 0. The van der Waals surface area contributed by atoms with Gasteiger partial charge in [0.05, 0.1) is 0 Å². The van der Waals surface area contributed by atoms with Crippen molar-refractivity contribution in [2.45, 2.75) is 70.8 Å². The summed E-state index contributed by atoms with van der Waals surface area (Å²) in [6, 6.07) is 0.470. The Hall–Kier alpha value is -0.530. The van der Waals surface area contributed by atoms with Gasteiger partial charge in [0.15, 0.2) is 0 Å². The lowest BCUT2D eigenvalue weighted by Crippen LogP contribution is -2.38. The molecule has 2 aliphatic rings. The van der Waals surface area contributed by atoms with E-state index in [4.69, 9.17) is 0 Å². The highest BCUT2D eigenvalue weighted by atomic mass is 16.1. The van der Waals surface area contributed by atoms with Crippen molar-refractivity contribution in [3.05, 3.63) is 0 Å². The summed E-state index contributed by atoms with van der Waals surface area (Å²) in [5.74, 6) is 1.79. The molecule has 2 atom stereocenters. The van der Waals surface area contributed by atoms with Crippen LogP contribution in [-0.4, -0.2) is 11.9 Å². The van der Waals surface area contributed by atoms with Crippen LogP contribution in [0, 0.1) is 11.8 Å².